The first-order chi connectivity index (χ1) is 8.93. The van der Waals surface area contributed by atoms with Crippen molar-refractivity contribution in [1.29, 1.82) is 5.41 Å². The summed E-state index contributed by atoms with van der Waals surface area (Å²) in [5.41, 5.74) is 10.7. The summed E-state index contributed by atoms with van der Waals surface area (Å²) in [4.78, 5) is 4.07. The molecule has 0 saturated carbocycles. The van der Waals surface area contributed by atoms with Crippen LogP contribution in [0, 0.1) is 5.41 Å². The van der Waals surface area contributed by atoms with Crippen molar-refractivity contribution >= 4 is 11.5 Å². The molecule has 0 amide bonds. The second-order valence-corrected chi connectivity index (χ2v) is 3.93. The van der Waals surface area contributed by atoms with Crippen molar-refractivity contribution in [2.75, 3.05) is 11.5 Å². The van der Waals surface area contributed by atoms with Gasteiger partial charge in [0.25, 0.3) is 5.62 Å². The smallest absolute Gasteiger partial charge is 0.276 e. The first-order valence-electron chi connectivity index (χ1n) is 5.35. The summed E-state index contributed by atoms with van der Waals surface area (Å²) in [6.45, 7) is 1.72. The van der Waals surface area contributed by atoms with Crippen LogP contribution >= 0.6 is 0 Å². The third-order valence-electron chi connectivity index (χ3n) is 2.68. The molecule has 2 aromatic heterocycles. The van der Waals surface area contributed by atoms with Gasteiger partial charge >= 0.3 is 0 Å². The number of nitrogens with zero attached hydrogens (tertiary/aromatic N) is 3. The van der Waals surface area contributed by atoms with Crippen molar-refractivity contribution in [2.45, 2.75) is 13.0 Å². The summed E-state index contributed by atoms with van der Waals surface area (Å²) in [7, 11) is 0. The number of hydrogen-bond donors (Lipinski definition) is 5. The summed E-state index contributed by atoms with van der Waals surface area (Å²) in [6.07, 6.45) is 2.97. The SMILES string of the molecule is CC(N=c1n(O)c(N)c(N)c(=N)n1O)c1ccoc1. The number of nitrogens with two attached hydrogens (primary N) is 2. The van der Waals surface area contributed by atoms with Crippen LogP contribution in [0.2, 0.25) is 0 Å². The van der Waals surface area contributed by atoms with Crippen LogP contribution in [0.25, 0.3) is 0 Å². The molecule has 0 bridgehead atoms. The monoisotopic (exact) mass is 266 g/mol. The zero-order valence-corrected chi connectivity index (χ0v) is 10.1. The first kappa shape index (κ1) is 12.6. The molecule has 1 atom stereocenters. The predicted octanol–water partition coefficient (Wildman–Crippen LogP) is -0.337. The van der Waals surface area contributed by atoms with E-state index in [-0.39, 0.29) is 17.1 Å². The minimum Gasteiger partial charge on any atom is -0.472 e. The Bertz CT molecular complexity index is 712. The van der Waals surface area contributed by atoms with Crippen molar-refractivity contribution in [2.24, 2.45) is 4.99 Å². The number of furan rings is 1. The summed E-state index contributed by atoms with van der Waals surface area (Å²) in [6, 6.07) is 1.28. The van der Waals surface area contributed by atoms with Gasteiger partial charge in [0.05, 0.1) is 18.6 Å². The van der Waals surface area contributed by atoms with Crippen LogP contribution in [-0.2, 0) is 0 Å². The first-order valence-corrected chi connectivity index (χ1v) is 5.35. The molecule has 0 aliphatic carbocycles. The van der Waals surface area contributed by atoms with E-state index in [1.54, 1.807) is 13.0 Å². The lowest BCUT2D eigenvalue weighted by Crippen LogP contribution is -2.41. The van der Waals surface area contributed by atoms with E-state index < -0.39 is 11.5 Å². The fourth-order valence-electron chi connectivity index (χ4n) is 1.52. The van der Waals surface area contributed by atoms with E-state index in [0.717, 1.165) is 5.56 Å². The molecule has 2 aromatic rings. The van der Waals surface area contributed by atoms with E-state index >= 15 is 0 Å². The van der Waals surface area contributed by atoms with Crippen LogP contribution in [0.1, 0.15) is 18.5 Å². The van der Waals surface area contributed by atoms with Gasteiger partial charge in [-0.05, 0) is 13.0 Å². The largest absolute Gasteiger partial charge is 0.472 e. The van der Waals surface area contributed by atoms with E-state index in [0.29, 0.717) is 9.46 Å². The maximum absolute atomic E-state index is 9.76. The average Bonchev–Trinajstić information content (AvgIpc) is 2.93. The van der Waals surface area contributed by atoms with Crippen LogP contribution in [0.3, 0.4) is 0 Å². The van der Waals surface area contributed by atoms with Gasteiger partial charge in [-0.2, -0.15) is 0 Å². The highest BCUT2D eigenvalue weighted by atomic mass is 16.5. The van der Waals surface area contributed by atoms with Gasteiger partial charge in [0.15, 0.2) is 11.3 Å². The lowest BCUT2D eigenvalue weighted by atomic mass is 10.2. The quantitative estimate of drug-likeness (QED) is 0.471. The van der Waals surface area contributed by atoms with Crippen LogP contribution in [-0.4, -0.2) is 19.9 Å². The maximum atomic E-state index is 9.76. The Hall–Kier alpha value is -2.84. The molecule has 0 aromatic carbocycles. The van der Waals surface area contributed by atoms with Gasteiger partial charge in [0.2, 0.25) is 0 Å². The molecule has 1 unspecified atom stereocenters. The number of aromatic nitrogens is 2. The third kappa shape index (κ3) is 2.01. The molecule has 19 heavy (non-hydrogen) atoms. The van der Waals surface area contributed by atoms with Gasteiger partial charge in [-0.15, -0.1) is 9.46 Å². The Morgan fingerprint density at radius 3 is 2.63 bits per heavy atom. The van der Waals surface area contributed by atoms with Gasteiger partial charge in [-0.1, -0.05) is 0 Å². The maximum Gasteiger partial charge on any atom is 0.276 e. The van der Waals surface area contributed by atoms with Crippen LogP contribution in [0.5, 0.6) is 0 Å². The molecule has 9 nitrogen and oxygen atoms in total. The van der Waals surface area contributed by atoms with E-state index in [2.05, 4.69) is 4.99 Å². The van der Waals surface area contributed by atoms with Gasteiger partial charge in [-0.3, -0.25) is 5.41 Å². The third-order valence-corrected chi connectivity index (χ3v) is 2.68. The Morgan fingerprint density at radius 1 is 1.37 bits per heavy atom. The van der Waals surface area contributed by atoms with Gasteiger partial charge in [-0.25, -0.2) is 4.99 Å². The average molecular weight is 266 g/mol. The Labute approximate surface area is 107 Å². The lowest BCUT2D eigenvalue weighted by molar-refractivity contribution is 0.0976. The number of nitrogens with one attached hydrogen (secondary N) is 1. The standard InChI is InChI=1S/C10H14N6O3/c1-5(6-2-3-19-4-6)14-10-15(17)8(12)7(11)9(13)16(10)18/h2-5,12,17-18H,11,13H2,1H3. The van der Waals surface area contributed by atoms with Gasteiger partial charge in [0, 0.05) is 5.56 Å². The van der Waals surface area contributed by atoms with Crippen LogP contribution in [0.4, 0.5) is 11.5 Å². The highest BCUT2D eigenvalue weighted by molar-refractivity contribution is 5.55. The number of rotatable bonds is 2. The minimum atomic E-state index is -0.457. The molecule has 0 fully saturated rings. The second-order valence-electron chi connectivity index (χ2n) is 3.93. The summed E-state index contributed by atoms with van der Waals surface area (Å²) in [5.74, 6) is -0.270. The molecule has 0 aliphatic rings. The topological polar surface area (TPSA) is 152 Å². The highest BCUT2D eigenvalue weighted by Gasteiger charge is 2.12. The van der Waals surface area contributed by atoms with Crippen molar-refractivity contribution in [1.82, 2.24) is 9.46 Å². The molecule has 0 spiro atoms. The van der Waals surface area contributed by atoms with Crippen molar-refractivity contribution in [3.8, 4) is 0 Å². The van der Waals surface area contributed by atoms with Crippen molar-refractivity contribution in [3.05, 3.63) is 35.3 Å². The zero-order valence-electron chi connectivity index (χ0n) is 10.1. The summed E-state index contributed by atoms with van der Waals surface area (Å²) >= 11 is 0. The molecule has 9 heteroatoms. The molecule has 102 valence electrons. The summed E-state index contributed by atoms with van der Waals surface area (Å²) < 4.78 is 5.69. The van der Waals surface area contributed by atoms with E-state index in [1.807, 2.05) is 0 Å². The van der Waals surface area contributed by atoms with Crippen molar-refractivity contribution < 1.29 is 14.8 Å². The van der Waals surface area contributed by atoms with E-state index in [1.165, 1.54) is 12.5 Å². The molecular weight excluding hydrogens is 252 g/mol. The van der Waals surface area contributed by atoms with Gasteiger partial charge in [0.1, 0.15) is 5.69 Å². The fourth-order valence-corrected chi connectivity index (χ4v) is 1.52. The number of anilines is 2. The second kappa shape index (κ2) is 4.44. The molecule has 0 saturated heterocycles. The molecule has 0 aliphatic heterocycles. The van der Waals surface area contributed by atoms with Crippen molar-refractivity contribution in [3.63, 3.8) is 0 Å². The molecule has 0 radical (unpaired) electrons. The zero-order chi connectivity index (χ0) is 14.2. The Kier molecular flexibility index (Phi) is 2.95. The van der Waals surface area contributed by atoms with Crippen LogP contribution < -0.4 is 22.6 Å². The van der Waals surface area contributed by atoms with Crippen LogP contribution in [0.15, 0.2) is 28.0 Å². The molecule has 7 N–H and O–H groups in total. The normalized spacial score (nSPS) is 13.6. The lowest BCUT2D eigenvalue weighted by Gasteiger charge is -2.11. The van der Waals surface area contributed by atoms with E-state index in [9.17, 15) is 10.4 Å². The minimum absolute atomic E-state index is 0.250. The predicted molar refractivity (Wildman–Crippen MR) is 64.2 cm³/mol. The Morgan fingerprint density at radius 2 is 2.05 bits per heavy atom. The number of hydrogen-bond acceptors (Lipinski definition) is 7. The van der Waals surface area contributed by atoms with E-state index in [4.69, 9.17) is 21.3 Å². The molecular formula is C10H14N6O3. The summed E-state index contributed by atoms with van der Waals surface area (Å²) in [5, 5.41) is 27.0. The Balaban J connectivity index is 2.67. The fraction of sp³-hybridized carbons (Fsp3) is 0.200. The molecule has 2 rings (SSSR count). The number of nitrogen functional groups attached to an aromatic ring is 2. The molecule has 2 heterocycles. The van der Waals surface area contributed by atoms with Gasteiger partial charge < -0.3 is 26.3 Å². The highest BCUT2D eigenvalue weighted by Crippen LogP contribution is 2.15.